The van der Waals surface area contributed by atoms with Gasteiger partial charge in [-0.15, -0.1) is 4.91 Å². The number of hydrogen-bond donors (Lipinski definition) is 3. The Kier molecular flexibility index (Phi) is 6.16. The van der Waals surface area contributed by atoms with E-state index in [0.717, 1.165) is 5.56 Å². The van der Waals surface area contributed by atoms with Gasteiger partial charge in [0.2, 0.25) is 10.0 Å². The van der Waals surface area contributed by atoms with Crippen molar-refractivity contribution >= 4 is 22.0 Å². The number of nitrogens with one attached hydrogen (secondary N) is 1. The summed E-state index contributed by atoms with van der Waals surface area (Å²) in [5, 5.41) is 20.4. The van der Waals surface area contributed by atoms with E-state index in [1.165, 1.54) is 24.3 Å². The van der Waals surface area contributed by atoms with E-state index in [2.05, 4.69) is 5.29 Å². The molecule has 0 aliphatic carbocycles. The minimum absolute atomic E-state index is 0.154. The summed E-state index contributed by atoms with van der Waals surface area (Å²) in [6, 6.07) is 3.92. The zero-order valence-corrected chi connectivity index (χ0v) is 12.9. The molecule has 0 radical (unpaired) electrons. The largest absolute Gasteiger partial charge is 0.480 e. The molecule has 0 amide bonds. The molecule has 0 fully saturated rings. The summed E-state index contributed by atoms with van der Waals surface area (Å²) in [5.41, 5.74) is 0.816. The third kappa shape index (κ3) is 5.64. The Hall–Kier alpha value is -2.53. The third-order valence-corrected chi connectivity index (χ3v) is 4.24. The molecule has 0 aliphatic heterocycles. The van der Waals surface area contributed by atoms with Gasteiger partial charge in [-0.3, -0.25) is 9.59 Å². The molecule has 0 unspecified atom stereocenters. The number of carboxylic acids is 2. The summed E-state index contributed by atoms with van der Waals surface area (Å²) in [4.78, 5) is 32.0. The van der Waals surface area contributed by atoms with Crippen LogP contribution in [0.3, 0.4) is 0 Å². The van der Waals surface area contributed by atoms with Crippen LogP contribution in [-0.4, -0.2) is 54.7 Å². The molecular weight excluding hydrogens is 330 g/mol. The van der Waals surface area contributed by atoms with Crippen molar-refractivity contribution in [1.82, 2.24) is 9.73 Å². The van der Waals surface area contributed by atoms with Crippen LogP contribution in [0, 0.1) is 11.8 Å². The van der Waals surface area contributed by atoms with Crippen molar-refractivity contribution in [3.8, 4) is 0 Å². The van der Waals surface area contributed by atoms with Gasteiger partial charge in [0.15, 0.2) is 0 Å². The molecule has 0 spiro atoms. The van der Waals surface area contributed by atoms with Gasteiger partial charge in [-0.2, -0.15) is 4.72 Å². The summed E-state index contributed by atoms with van der Waals surface area (Å²) >= 11 is 0. The van der Waals surface area contributed by atoms with Crippen LogP contribution in [0.2, 0.25) is 0 Å². The van der Waals surface area contributed by atoms with E-state index < -0.39 is 41.1 Å². The van der Waals surface area contributed by atoms with E-state index in [1.54, 1.807) is 6.92 Å². The monoisotopic (exact) mass is 345 g/mol. The summed E-state index contributed by atoms with van der Waals surface area (Å²) in [6.07, 6.45) is 0. The molecule has 0 saturated heterocycles. The van der Waals surface area contributed by atoms with Crippen molar-refractivity contribution in [3.05, 3.63) is 34.7 Å². The lowest BCUT2D eigenvalue weighted by atomic mass is 10.2. The van der Waals surface area contributed by atoms with Crippen LogP contribution in [0.15, 0.2) is 34.4 Å². The normalized spacial score (nSPS) is 12.4. The van der Waals surface area contributed by atoms with Crippen molar-refractivity contribution in [2.45, 2.75) is 17.9 Å². The SMILES string of the molecule is Cc1ccc(S(=O)(=O)N[C@@H](CN(CC(=O)O)N=O)C(=O)O)cc1. The third-order valence-electron chi connectivity index (χ3n) is 2.75. The highest BCUT2D eigenvalue weighted by atomic mass is 32.2. The maximum Gasteiger partial charge on any atom is 0.325 e. The lowest BCUT2D eigenvalue weighted by molar-refractivity contribution is -0.142. The first kappa shape index (κ1) is 18.5. The number of nitroso groups, excluding NO2 is 1. The molecule has 126 valence electrons. The van der Waals surface area contributed by atoms with Crippen molar-refractivity contribution in [3.63, 3.8) is 0 Å². The molecular formula is C12H15N3O7S. The van der Waals surface area contributed by atoms with Gasteiger partial charge in [0, 0.05) is 0 Å². The Morgan fingerprint density at radius 2 is 1.83 bits per heavy atom. The first-order valence-electron chi connectivity index (χ1n) is 6.27. The number of carbonyl (C=O) groups is 2. The number of rotatable bonds is 9. The Morgan fingerprint density at radius 3 is 2.26 bits per heavy atom. The van der Waals surface area contributed by atoms with Gasteiger partial charge in [-0.1, -0.05) is 17.7 Å². The summed E-state index contributed by atoms with van der Waals surface area (Å²) in [6.45, 7) is 0.180. The molecule has 1 aromatic carbocycles. The van der Waals surface area contributed by atoms with Crippen LogP contribution in [0.4, 0.5) is 0 Å². The predicted molar refractivity (Wildman–Crippen MR) is 77.9 cm³/mol. The van der Waals surface area contributed by atoms with Crippen molar-refractivity contribution < 1.29 is 28.2 Å². The van der Waals surface area contributed by atoms with Gasteiger partial charge in [-0.05, 0) is 19.1 Å². The van der Waals surface area contributed by atoms with Crippen LogP contribution in [-0.2, 0) is 19.6 Å². The Balaban J connectivity index is 2.94. The molecule has 3 N–H and O–H groups in total. The zero-order chi connectivity index (χ0) is 17.6. The van der Waals surface area contributed by atoms with E-state index in [-0.39, 0.29) is 4.90 Å². The predicted octanol–water partition coefficient (Wildman–Crippen LogP) is -0.205. The van der Waals surface area contributed by atoms with Gasteiger partial charge in [0.1, 0.15) is 12.6 Å². The zero-order valence-electron chi connectivity index (χ0n) is 12.0. The van der Waals surface area contributed by atoms with E-state index in [0.29, 0.717) is 5.01 Å². The Labute approximate surface area is 131 Å². The summed E-state index contributed by atoms with van der Waals surface area (Å²) in [5.74, 6) is -2.98. The minimum atomic E-state index is -4.15. The lowest BCUT2D eigenvalue weighted by Crippen LogP contribution is -2.48. The maximum atomic E-state index is 12.1. The van der Waals surface area contributed by atoms with Gasteiger partial charge >= 0.3 is 11.9 Å². The maximum absolute atomic E-state index is 12.1. The molecule has 0 saturated carbocycles. The van der Waals surface area contributed by atoms with Crippen molar-refractivity contribution in [1.29, 1.82) is 0 Å². The number of benzene rings is 1. The van der Waals surface area contributed by atoms with E-state index in [1.807, 2.05) is 4.72 Å². The van der Waals surface area contributed by atoms with Gasteiger partial charge in [-0.25, -0.2) is 13.4 Å². The first-order chi connectivity index (χ1) is 10.7. The second-order valence-corrected chi connectivity index (χ2v) is 6.36. The van der Waals surface area contributed by atoms with Crippen LogP contribution in [0.1, 0.15) is 5.56 Å². The quantitative estimate of drug-likeness (QED) is 0.410. The van der Waals surface area contributed by atoms with Crippen molar-refractivity contribution in [2.75, 3.05) is 13.1 Å². The van der Waals surface area contributed by atoms with E-state index >= 15 is 0 Å². The first-order valence-corrected chi connectivity index (χ1v) is 7.76. The second-order valence-electron chi connectivity index (χ2n) is 4.65. The fourth-order valence-electron chi connectivity index (χ4n) is 1.63. The summed E-state index contributed by atoms with van der Waals surface area (Å²) < 4.78 is 26.2. The number of aliphatic carboxylic acids is 2. The minimum Gasteiger partial charge on any atom is -0.480 e. The molecule has 0 aromatic heterocycles. The molecule has 23 heavy (non-hydrogen) atoms. The average molecular weight is 345 g/mol. The smallest absolute Gasteiger partial charge is 0.325 e. The van der Waals surface area contributed by atoms with Crippen LogP contribution < -0.4 is 4.72 Å². The van der Waals surface area contributed by atoms with Crippen molar-refractivity contribution in [2.24, 2.45) is 5.29 Å². The molecule has 0 aliphatic rings. The number of sulfonamides is 1. The number of hydrogen-bond acceptors (Lipinski definition) is 6. The molecule has 0 heterocycles. The van der Waals surface area contributed by atoms with Gasteiger partial charge < -0.3 is 10.2 Å². The average Bonchev–Trinajstić information content (AvgIpc) is 2.45. The second kappa shape index (κ2) is 7.65. The molecule has 11 heteroatoms. The van der Waals surface area contributed by atoms with Crippen LogP contribution in [0.5, 0.6) is 0 Å². The van der Waals surface area contributed by atoms with Gasteiger partial charge in [0.25, 0.3) is 0 Å². The summed E-state index contributed by atoms with van der Waals surface area (Å²) in [7, 11) is -4.15. The Morgan fingerprint density at radius 1 is 1.26 bits per heavy atom. The van der Waals surface area contributed by atoms with E-state index in [4.69, 9.17) is 10.2 Å². The fraction of sp³-hybridized carbons (Fsp3) is 0.333. The van der Waals surface area contributed by atoms with E-state index in [9.17, 15) is 22.9 Å². The van der Waals surface area contributed by atoms with Crippen LogP contribution >= 0.6 is 0 Å². The highest BCUT2D eigenvalue weighted by molar-refractivity contribution is 7.89. The molecule has 1 rings (SSSR count). The standard InChI is InChI=1S/C12H15N3O7S/c1-8-2-4-9(5-3-8)23(21,22)13-10(12(18)19)6-15(14-20)7-11(16)17/h2-5,10,13H,6-7H2,1H3,(H,16,17)(H,18,19)/t10-/m0/s1. The molecule has 1 atom stereocenters. The highest BCUT2D eigenvalue weighted by Gasteiger charge is 2.28. The number of carboxylic acid groups (broad SMARTS) is 2. The number of aryl methyl sites for hydroxylation is 1. The molecule has 0 bridgehead atoms. The van der Waals surface area contributed by atoms with Crippen LogP contribution in [0.25, 0.3) is 0 Å². The Bertz CT molecular complexity index is 687. The molecule has 1 aromatic rings. The molecule has 10 nitrogen and oxygen atoms in total. The fourth-order valence-corrected chi connectivity index (χ4v) is 2.81. The van der Waals surface area contributed by atoms with Gasteiger partial charge in [0.05, 0.1) is 16.7 Å². The lowest BCUT2D eigenvalue weighted by Gasteiger charge is -2.19. The number of nitrogens with zero attached hydrogens (tertiary/aromatic N) is 2. The topological polar surface area (TPSA) is 153 Å². The highest BCUT2D eigenvalue weighted by Crippen LogP contribution is 2.11.